The SMILES string of the molecule is CC/C=C\C/C=C\C/C=C\C/C=C\C/C=C\C/C=C\C/C=C\C/C=C\C/C=C\C/C=C\CCCCC(=O)NC(COP(=O)(O)OCC[N+](C)(C)C)C(O)/C=C/CC/C=C/CC/C=C/CCCCCCCCCCCC. The monoisotopic (exact) mass is 1060 g/mol. The molecule has 424 valence electrons. The third kappa shape index (κ3) is 57.7. The highest BCUT2D eigenvalue weighted by atomic mass is 31.2. The second-order valence-electron chi connectivity index (χ2n) is 20.3. The Morgan fingerprint density at radius 2 is 0.813 bits per heavy atom. The highest BCUT2D eigenvalue weighted by Gasteiger charge is 2.27. The molecule has 0 aliphatic heterocycles. The number of nitrogens with one attached hydrogen (secondary N) is 1. The van der Waals surface area contributed by atoms with Crippen LogP contribution in [0.3, 0.4) is 0 Å². The zero-order chi connectivity index (χ0) is 54.9. The molecule has 3 atom stereocenters. The smallest absolute Gasteiger partial charge is 0.387 e. The van der Waals surface area contributed by atoms with Crippen LogP contribution >= 0.6 is 7.82 Å². The summed E-state index contributed by atoms with van der Waals surface area (Å²) in [6.45, 7) is 4.62. The van der Waals surface area contributed by atoms with Gasteiger partial charge in [-0.3, -0.25) is 13.8 Å². The van der Waals surface area contributed by atoms with Crippen LogP contribution in [0.25, 0.3) is 0 Å². The van der Waals surface area contributed by atoms with Crippen LogP contribution in [0, 0.1) is 0 Å². The molecule has 0 heterocycles. The van der Waals surface area contributed by atoms with Crippen molar-refractivity contribution in [1.29, 1.82) is 0 Å². The number of rotatable bonds is 51. The second kappa shape index (κ2) is 54.9. The van der Waals surface area contributed by atoms with E-state index in [1.165, 1.54) is 70.6 Å². The molecular formula is C66H110N2O6P+. The third-order valence-electron chi connectivity index (χ3n) is 12.0. The Morgan fingerprint density at radius 3 is 1.23 bits per heavy atom. The molecule has 3 N–H and O–H groups in total. The van der Waals surface area contributed by atoms with Gasteiger partial charge < -0.3 is 19.8 Å². The topological polar surface area (TPSA) is 105 Å². The molecule has 9 heteroatoms. The van der Waals surface area contributed by atoms with Crippen LogP contribution in [0.1, 0.15) is 200 Å². The van der Waals surface area contributed by atoms with Crippen LogP contribution in [-0.2, 0) is 18.4 Å². The molecule has 75 heavy (non-hydrogen) atoms. The van der Waals surface area contributed by atoms with E-state index in [1.54, 1.807) is 6.08 Å². The first-order valence-corrected chi connectivity index (χ1v) is 30.9. The number of unbranched alkanes of at least 4 members (excludes halogenated alkanes) is 14. The number of aliphatic hydroxyl groups excluding tert-OH is 1. The first-order chi connectivity index (χ1) is 36.5. The third-order valence-corrected chi connectivity index (χ3v) is 12.9. The molecule has 0 rings (SSSR count). The van der Waals surface area contributed by atoms with Gasteiger partial charge in [0, 0.05) is 6.42 Å². The number of carbonyl (C=O) groups is 1. The number of likely N-dealkylation sites (N-methyl/N-ethyl adjacent to an activating group) is 1. The number of allylic oxidation sites excluding steroid dienone is 25. The fraction of sp³-hybridized carbons (Fsp3) is 0.591. The van der Waals surface area contributed by atoms with Crippen LogP contribution in [-0.4, -0.2) is 73.4 Å². The van der Waals surface area contributed by atoms with Crippen LogP contribution in [0.5, 0.6) is 0 Å². The van der Waals surface area contributed by atoms with Crippen molar-refractivity contribution in [3.8, 4) is 0 Å². The molecule has 0 saturated carbocycles. The lowest BCUT2D eigenvalue weighted by Crippen LogP contribution is -2.45. The van der Waals surface area contributed by atoms with Crippen molar-refractivity contribution in [3.05, 3.63) is 158 Å². The average Bonchev–Trinajstić information content (AvgIpc) is 3.37. The van der Waals surface area contributed by atoms with E-state index < -0.39 is 20.0 Å². The van der Waals surface area contributed by atoms with Crippen molar-refractivity contribution < 1.29 is 32.9 Å². The summed E-state index contributed by atoms with van der Waals surface area (Å²) in [4.78, 5) is 23.3. The summed E-state index contributed by atoms with van der Waals surface area (Å²) in [5.41, 5.74) is 0. The Bertz CT molecular complexity index is 1770. The molecular weight excluding hydrogens is 948 g/mol. The molecule has 0 aromatic heterocycles. The fourth-order valence-electron chi connectivity index (χ4n) is 7.39. The van der Waals surface area contributed by atoms with Crippen LogP contribution in [0.2, 0.25) is 0 Å². The first-order valence-electron chi connectivity index (χ1n) is 29.4. The summed E-state index contributed by atoms with van der Waals surface area (Å²) in [7, 11) is 1.49. The molecule has 0 spiro atoms. The lowest BCUT2D eigenvalue weighted by atomic mass is 10.1. The molecule has 3 unspecified atom stereocenters. The number of hydrogen-bond donors (Lipinski definition) is 3. The van der Waals surface area contributed by atoms with E-state index in [2.05, 4.69) is 165 Å². The number of hydrogen-bond acceptors (Lipinski definition) is 5. The first kappa shape index (κ1) is 71.1. The largest absolute Gasteiger partial charge is 0.472 e. The summed E-state index contributed by atoms with van der Waals surface area (Å²) in [5.74, 6) is -0.240. The summed E-state index contributed by atoms with van der Waals surface area (Å²) in [6, 6.07) is -0.907. The Morgan fingerprint density at radius 1 is 0.467 bits per heavy atom. The van der Waals surface area contributed by atoms with E-state index in [4.69, 9.17) is 9.05 Å². The maximum atomic E-state index is 13.0. The van der Waals surface area contributed by atoms with Crippen LogP contribution < -0.4 is 5.32 Å². The lowest BCUT2D eigenvalue weighted by Gasteiger charge is -2.25. The summed E-state index contributed by atoms with van der Waals surface area (Å²) in [5, 5.41) is 13.9. The highest BCUT2D eigenvalue weighted by Crippen LogP contribution is 2.43. The number of amides is 1. The fourth-order valence-corrected chi connectivity index (χ4v) is 8.13. The van der Waals surface area contributed by atoms with E-state index in [-0.39, 0.29) is 25.5 Å². The molecule has 0 fully saturated rings. The predicted octanol–water partition coefficient (Wildman–Crippen LogP) is 18.3. The number of phosphoric acid groups is 1. The number of quaternary nitrogens is 1. The van der Waals surface area contributed by atoms with Gasteiger partial charge in [0.1, 0.15) is 13.2 Å². The molecule has 0 aromatic rings. The molecule has 8 nitrogen and oxygen atoms in total. The Hall–Kier alpha value is -3.88. The minimum absolute atomic E-state index is 0.0355. The summed E-state index contributed by atoms with van der Waals surface area (Å²) < 4.78 is 23.6. The maximum absolute atomic E-state index is 13.0. The Labute approximate surface area is 461 Å². The molecule has 0 bridgehead atoms. The minimum atomic E-state index is -4.38. The summed E-state index contributed by atoms with van der Waals surface area (Å²) in [6.07, 6.45) is 86.4. The molecule has 1 amide bonds. The van der Waals surface area contributed by atoms with Crippen LogP contribution in [0.15, 0.2) is 158 Å². The van der Waals surface area contributed by atoms with Crippen molar-refractivity contribution in [3.63, 3.8) is 0 Å². The van der Waals surface area contributed by atoms with Gasteiger partial charge in [0.15, 0.2) is 0 Å². The maximum Gasteiger partial charge on any atom is 0.472 e. The number of nitrogens with zero attached hydrogens (tertiary/aromatic N) is 1. The number of phosphoric ester groups is 1. The quantitative estimate of drug-likeness (QED) is 0.0243. The van der Waals surface area contributed by atoms with E-state index in [9.17, 15) is 19.4 Å². The van der Waals surface area contributed by atoms with Gasteiger partial charge in [-0.1, -0.05) is 230 Å². The van der Waals surface area contributed by atoms with Gasteiger partial charge in [0.25, 0.3) is 0 Å². The van der Waals surface area contributed by atoms with E-state index in [1.807, 2.05) is 27.2 Å². The van der Waals surface area contributed by atoms with Crippen molar-refractivity contribution in [1.82, 2.24) is 5.32 Å². The normalized spacial score (nSPS) is 15.0. The summed E-state index contributed by atoms with van der Waals surface area (Å²) >= 11 is 0. The van der Waals surface area contributed by atoms with E-state index >= 15 is 0 Å². The van der Waals surface area contributed by atoms with E-state index in [0.717, 1.165) is 103 Å². The molecule has 0 aliphatic rings. The van der Waals surface area contributed by atoms with Gasteiger partial charge in [-0.15, -0.1) is 0 Å². The zero-order valence-corrected chi connectivity index (χ0v) is 49.1. The van der Waals surface area contributed by atoms with Gasteiger partial charge in [-0.2, -0.15) is 0 Å². The van der Waals surface area contributed by atoms with Crippen molar-refractivity contribution >= 4 is 13.7 Å². The van der Waals surface area contributed by atoms with Gasteiger partial charge in [0.05, 0.1) is 39.9 Å². The van der Waals surface area contributed by atoms with Gasteiger partial charge in [-0.05, 0) is 122 Å². The van der Waals surface area contributed by atoms with Gasteiger partial charge >= 0.3 is 7.82 Å². The molecule has 0 radical (unpaired) electrons. The number of aliphatic hydroxyl groups is 1. The predicted molar refractivity (Wildman–Crippen MR) is 327 cm³/mol. The molecule has 0 saturated heterocycles. The van der Waals surface area contributed by atoms with Crippen molar-refractivity contribution in [2.75, 3.05) is 40.9 Å². The zero-order valence-electron chi connectivity index (χ0n) is 48.2. The van der Waals surface area contributed by atoms with Gasteiger partial charge in [-0.25, -0.2) is 4.57 Å². The minimum Gasteiger partial charge on any atom is -0.387 e. The van der Waals surface area contributed by atoms with Crippen molar-refractivity contribution in [2.45, 2.75) is 212 Å². The lowest BCUT2D eigenvalue weighted by molar-refractivity contribution is -0.870. The molecule has 0 aliphatic carbocycles. The van der Waals surface area contributed by atoms with Crippen molar-refractivity contribution in [2.24, 2.45) is 0 Å². The van der Waals surface area contributed by atoms with Crippen LogP contribution in [0.4, 0.5) is 0 Å². The Balaban J connectivity index is 4.41. The molecule has 0 aromatic carbocycles. The average molecular weight is 1060 g/mol. The van der Waals surface area contributed by atoms with Gasteiger partial charge in [0.2, 0.25) is 5.91 Å². The van der Waals surface area contributed by atoms with E-state index in [0.29, 0.717) is 17.4 Å². The number of carbonyl (C=O) groups excluding carboxylic acids is 1. The second-order valence-corrected chi connectivity index (χ2v) is 21.7. The highest BCUT2D eigenvalue weighted by molar-refractivity contribution is 7.47. The Kier molecular flexibility index (Phi) is 52.1. The standard InChI is InChI=1S/C66H109N2O6P/c1-6-8-10-12-14-16-18-20-22-24-26-28-29-30-31-32-33-34-35-36-37-38-39-40-42-44-46-48-50-52-54-56-58-60-66(70)67-64(63-74-75(71,72)73-62-61-68(3,4)5)65(69)59-57-55-53-51-49-47-45-43-41-27-25-23-21-19-17-15-13-11-9-7-2/h8,10,14,16,20,22,26,28,30-31,33-34,36-37,39-41,43-44,46,49-52,57,59,64-65,69H,6-7,9,11-13,15,17-19,21,23-25,27,29,32,35,38,42,45,47-48,53-56,58,60-63H2,1-5H3,(H-,67,70,71,72)/p+1/b10-8-,16-14-,22-20-,28-26-,31-30-,34-33-,37-36-,40-39-,43-41+,46-44-,51-49+,52-50-,59-57+.